The third kappa shape index (κ3) is 8.85. The van der Waals surface area contributed by atoms with Gasteiger partial charge in [-0.2, -0.15) is 11.8 Å². The molecule has 0 aliphatic heterocycles. The molecule has 0 radical (unpaired) electrons. The van der Waals surface area contributed by atoms with Crippen LogP contribution in [0.3, 0.4) is 0 Å². The van der Waals surface area contributed by atoms with E-state index in [4.69, 9.17) is 4.74 Å². The first-order chi connectivity index (χ1) is 9.46. The second kappa shape index (κ2) is 11.4. The van der Waals surface area contributed by atoms with Crippen LogP contribution in [-0.2, 0) is 9.53 Å². The molecular formula is C16H33NO2S. The fourth-order valence-corrected chi connectivity index (χ4v) is 3.36. The van der Waals surface area contributed by atoms with Gasteiger partial charge >= 0.3 is 5.97 Å². The Morgan fingerprint density at radius 2 is 1.80 bits per heavy atom. The third-order valence-corrected chi connectivity index (χ3v) is 4.51. The molecule has 0 rings (SSSR count). The van der Waals surface area contributed by atoms with Crippen LogP contribution in [0.5, 0.6) is 0 Å². The van der Waals surface area contributed by atoms with Gasteiger partial charge in [-0.15, -0.1) is 0 Å². The topological polar surface area (TPSA) is 38.3 Å². The van der Waals surface area contributed by atoms with E-state index in [0.29, 0.717) is 0 Å². The number of nitrogens with one attached hydrogen (secondary N) is 1. The number of hydrogen-bond acceptors (Lipinski definition) is 4. The number of carbonyl (C=O) groups is 1. The van der Waals surface area contributed by atoms with Gasteiger partial charge in [-0.05, 0) is 51.5 Å². The largest absolute Gasteiger partial charge is 0.468 e. The number of ether oxygens (including phenoxy) is 1. The normalized spacial score (nSPS) is 14.3. The van der Waals surface area contributed by atoms with E-state index in [1.54, 1.807) is 0 Å². The van der Waals surface area contributed by atoms with Gasteiger partial charge in [0, 0.05) is 6.04 Å². The first kappa shape index (κ1) is 19.8. The summed E-state index contributed by atoms with van der Waals surface area (Å²) in [6, 6.07) is 0.280. The minimum absolute atomic E-state index is 0.151. The summed E-state index contributed by atoms with van der Waals surface area (Å²) >= 11 is 2.04. The van der Waals surface area contributed by atoms with Crippen LogP contribution in [0.1, 0.15) is 66.2 Å². The van der Waals surface area contributed by atoms with Crippen molar-refractivity contribution in [2.24, 2.45) is 0 Å². The van der Waals surface area contributed by atoms with Crippen molar-refractivity contribution < 1.29 is 9.53 Å². The molecule has 1 unspecified atom stereocenters. The average molecular weight is 304 g/mol. The molecule has 4 heteroatoms. The Morgan fingerprint density at radius 3 is 2.30 bits per heavy atom. The Kier molecular flexibility index (Phi) is 11.3. The summed E-state index contributed by atoms with van der Waals surface area (Å²) < 4.78 is 4.93. The molecular weight excluding hydrogens is 270 g/mol. The molecule has 0 saturated carbocycles. The van der Waals surface area contributed by atoms with Crippen molar-refractivity contribution in [1.82, 2.24) is 5.32 Å². The number of carbonyl (C=O) groups excluding carboxylic acids is 1. The van der Waals surface area contributed by atoms with Gasteiger partial charge in [0.15, 0.2) is 0 Å². The van der Waals surface area contributed by atoms with E-state index in [9.17, 15) is 4.79 Å². The summed E-state index contributed by atoms with van der Waals surface area (Å²) in [6.07, 6.45) is 7.03. The van der Waals surface area contributed by atoms with Crippen molar-refractivity contribution in [1.29, 1.82) is 0 Å². The lowest BCUT2D eigenvalue weighted by molar-refractivity contribution is -0.148. The molecule has 20 heavy (non-hydrogen) atoms. The van der Waals surface area contributed by atoms with Gasteiger partial charge < -0.3 is 4.74 Å². The van der Waals surface area contributed by atoms with Crippen molar-refractivity contribution >= 4 is 17.7 Å². The molecule has 0 saturated heterocycles. The van der Waals surface area contributed by atoms with Crippen molar-refractivity contribution in [2.45, 2.75) is 77.8 Å². The minimum atomic E-state index is -0.546. The van der Waals surface area contributed by atoms with Gasteiger partial charge in [-0.25, -0.2) is 0 Å². The van der Waals surface area contributed by atoms with E-state index in [-0.39, 0.29) is 12.0 Å². The SMILES string of the molecule is CCCCCSCCCCC(C)(NC(C)C)C(=O)OC. The van der Waals surface area contributed by atoms with E-state index in [0.717, 1.165) is 12.8 Å². The first-order valence-corrected chi connectivity index (χ1v) is 9.05. The monoisotopic (exact) mass is 303 g/mol. The maximum atomic E-state index is 11.9. The van der Waals surface area contributed by atoms with Crippen molar-refractivity contribution in [3.63, 3.8) is 0 Å². The maximum absolute atomic E-state index is 11.9. The predicted molar refractivity (Wildman–Crippen MR) is 89.4 cm³/mol. The number of unbranched alkanes of at least 4 members (excludes halogenated alkanes) is 3. The van der Waals surface area contributed by atoms with E-state index in [1.165, 1.54) is 44.3 Å². The standard InChI is InChI=1S/C16H33NO2S/c1-6-7-9-12-20-13-10-8-11-16(4,15(18)19-5)17-14(2)3/h14,17H,6-13H2,1-5H3. The van der Waals surface area contributed by atoms with Crippen LogP contribution in [0.4, 0.5) is 0 Å². The summed E-state index contributed by atoms with van der Waals surface area (Å²) in [6.45, 7) is 8.31. The average Bonchev–Trinajstić information content (AvgIpc) is 2.40. The van der Waals surface area contributed by atoms with Gasteiger partial charge in [-0.3, -0.25) is 10.1 Å². The van der Waals surface area contributed by atoms with Gasteiger partial charge in [-0.1, -0.05) is 26.2 Å². The predicted octanol–water partition coefficient (Wildman–Crippen LogP) is 4.01. The van der Waals surface area contributed by atoms with Crippen molar-refractivity contribution in [2.75, 3.05) is 18.6 Å². The molecule has 0 aliphatic rings. The second-order valence-electron chi connectivity index (χ2n) is 5.90. The summed E-state index contributed by atoms with van der Waals surface area (Å²) in [5.74, 6) is 2.32. The second-order valence-corrected chi connectivity index (χ2v) is 7.12. The molecule has 0 amide bonds. The van der Waals surface area contributed by atoms with Crippen LogP contribution in [0.2, 0.25) is 0 Å². The molecule has 1 atom stereocenters. The quantitative estimate of drug-likeness (QED) is 0.437. The highest BCUT2D eigenvalue weighted by Gasteiger charge is 2.33. The molecule has 0 aliphatic carbocycles. The molecule has 0 heterocycles. The zero-order chi connectivity index (χ0) is 15.4. The van der Waals surface area contributed by atoms with Crippen LogP contribution in [-0.4, -0.2) is 36.2 Å². The molecule has 0 aromatic rings. The van der Waals surface area contributed by atoms with E-state index in [2.05, 4.69) is 26.1 Å². The Labute approximate surface area is 129 Å². The van der Waals surface area contributed by atoms with E-state index < -0.39 is 5.54 Å². The molecule has 0 fully saturated rings. The van der Waals surface area contributed by atoms with E-state index >= 15 is 0 Å². The lowest BCUT2D eigenvalue weighted by Gasteiger charge is -2.30. The summed E-state index contributed by atoms with van der Waals surface area (Å²) in [7, 11) is 1.46. The lowest BCUT2D eigenvalue weighted by atomic mass is 9.94. The molecule has 0 spiro atoms. The maximum Gasteiger partial charge on any atom is 0.325 e. The van der Waals surface area contributed by atoms with E-state index in [1.807, 2.05) is 18.7 Å². The van der Waals surface area contributed by atoms with Crippen LogP contribution < -0.4 is 5.32 Å². The van der Waals surface area contributed by atoms with Crippen molar-refractivity contribution in [3.05, 3.63) is 0 Å². The van der Waals surface area contributed by atoms with Crippen LogP contribution in [0.25, 0.3) is 0 Å². The highest BCUT2D eigenvalue weighted by atomic mass is 32.2. The molecule has 0 aromatic heterocycles. The smallest absolute Gasteiger partial charge is 0.325 e. The first-order valence-electron chi connectivity index (χ1n) is 7.90. The Hall–Kier alpha value is -0.220. The number of esters is 1. The molecule has 1 N–H and O–H groups in total. The van der Waals surface area contributed by atoms with Crippen LogP contribution in [0, 0.1) is 0 Å². The number of thioether (sulfide) groups is 1. The van der Waals surface area contributed by atoms with Gasteiger partial charge in [0.25, 0.3) is 0 Å². The third-order valence-electron chi connectivity index (χ3n) is 3.35. The highest BCUT2D eigenvalue weighted by Crippen LogP contribution is 2.18. The molecule has 0 bridgehead atoms. The zero-order valence-corrected chi connectivity index (χ0v) is 14.8. The van der Waals surface area contributed by atoms with Gasteiger partial charge in [0.05, 0.1) is 7.11 Å². The van der Waals surface area contributed by atoms with Crippen LogP contribution in [0.15, 0.2) is 0 Å². The van der Waals surface area contributed by atoms with Gasteiger partial charge in [0.1, 0.15) is 5.54 Å². The minimum Gasteiger partial charge on any atom is -0.468 e. The zero-order valence-electron chi connectivity index (χ0n) is 14.0. The summed E-state index contributed by atoms with van der Waals surface area (Å²) in [4.78, 5) is 11.9. The lowest BCUT2D eigenvalue weighted by Crippen LogP contribution is -2.52. The van der Waals surface area contributed by atoms with Crippen LogP contribution >= 0.6 is 11.8 Å². The fraction of sp³-hybridized carbons (Fsp3) is 0.938. The Balaban J connectivity index is 3.88. The molecule has 0 aromatic carbocycles. The number of methoxy groups -OCH3 is 1. The highest BCUT2D eigenvalue weighted by molar-refractivity contribution is 7.99. The van der Waals surface area contributed by atoms with Gasteiger partial charge in [0.2, 0.25) is 0 Å². The summed E-state index contributed by atoms with van der Waals surface area (Å²) in [5, 5.41) is 3.34. The van der Waals surface area contributed by atoms with Crippen molar-refractivity contribution in [3.8, 4) is 0 Å². The molecule has 120 valence electrons. The Morgan fingerprint density at radius 1 is 1.20 bits per heavy atom. The number of hydrogen-bond donors (Lipinski definition) is 1. The molecule has 3 nitrogen and oxygen atoms in total. The fourth-order valence-electron chi connectivity index (χ4n) is 2.33. The Bertz CT molecular complexity index is 259. The summed E-state index contributed by atoms with van der Waals surface area (Å²) in [5.41, 5.74) is -0.546. The number of rotatable bonds is 12.